The molecule has 3 nitrogen and oxygen atoms in total. The summed E-state index contributed by atoms with van der Waals surface area (Å²) in [5, 5.41) is 0.0684. The second-order valence-corrected chi connectivity index (χ2v) is 3.69. The summed E-state index contributed by atoms with van der Waals surface area (Å²) in [5.41, 5.74) is 0.0936. The van der Waals surface area contributed by atoms with Gasteiger partial charge < -0.3 is 4.90 Å². The van der Waals surface area contributed by atoms with Crippen LogP contribution in [0.1, 0.15) is 17.3 Å². The Kier molecular flexibility index (Phi) is 4.34. The van der Waals surface area contributed by atoms with Crippen molar-refractivity contribution in [1.82, 2.24) is 9.88 Å². The molecule has 0 aromatic carbocycles. The number of hydrogen-bond acceptors (Lipinski definition) is 2. The molecule has 94 valence electrons. The van der Waals surface area contributed by atoms with Crippen molar-refractivity contribution >= 4 is 17.5 Å². The zero-order valence-corrected chi connectivity index (χ0v) is 9.72. The fourth-order valence-corrected chi connectivity index (χ4v) is 1.44. The molecule has 0 bridgehead atoms. The van der Waals surface area contributed by atoms with Crippen molar-refractivity contribution in [1.29, 1.82) is 0 Å². The first-order valence-corrected chi connectivity index (χ1v) is 5.19. The quantitative estimate of drug-likeness (QED) is 0.788. The van der Waals surface area contributed by atoms with Gasteiger partial charge in [0.05, 0.1) is 0 Å². The monoisotopic (exact) mass is 266 g/mol. The van der Waals surface area contributed by atoms with Gasteiger partial charge >= 0.3 is 6.18 Å². The number of aromatic nitrogens is 1. The largest absolute Gasteiger partial charge is 0.406 e. The van der Waals surface area contributed by atoms with E-state index in [0.717, 1.165) is 0 Å². The van der Waals surface area contributed by atoms with Crippen molar-refractivity contribution in [2.24, 2.45) is 0 Å². The topological polar surface area (TPSA) is 33.2 Å². The van der Waals surface area contributed by atoms with E-state index in [1.54, 1.807) is 0 Å². The Morgan fingerprint density at radius 2 is 2.18 bits per heavy atom. The van der Waals surface area contributed by atoms with E-state index in [2.05, 4.69) is 4.98 Å². The fourth-order valence-electron chi connectivity index (χ4n) is 1.26. The lowest BCUT2D eigenvalue weighted by Crippen LogP contribution is -2.38. The molecule has 0 fully saturated rings. The molecule has 0 spiro atoms. The Balaban J connectivity index is 2.87. The van der Waals surface area contributed by atoms with E-state index < -0.39 is 18.6 Å². The molecule has 1 rings (SSSR count). The van der Waals surface area contributed by atoms with Crippen molar-refractivity contribution < 1.29 is 18.0 Å². The van der Waals surface area contributed by atoms with Crippen LogP contribution in [0.5, 0.6) is 0 Å². The van der Waals surface area contributed by atoms with E-state index in [1.165, 1.54) is 25.3 Å². The minimum atomic E-state index is -4.41. The molecule has 0 aliphatic carbocycles. The number of carbonyl (C=O) groups excluding carboxylic acids is 1. The number of amides is 1. The third-order valence-electron chi connectivity index (χ3n) is 2.01. The predicted molar refractivity (Wildman–Crippen MR) is 56.9 cm³/mol. The summed E-state index contributed by atoms with van der Waals surface area (Å²) in [6, 6.07) is 2.57. The molecule has 17 heavy (non-hydrogen) atoms. The number of nitrogens with zero attached hydrogens (tertiary/aromatic N) is 2. The first kappa shape index (κ1) is 13.8. The highest BCUT2D eigenvalue weighted by molar-refractivity contribution is 6.29. The van der Waals surface area contributed by atoms with Crippen LogP contribution >= 0.6 is 11.6 Å². The molecule has 0 unspecified atom stereocenters. The highest BCUT2D eigenvalue weighted by atomic mass is 35.5. The van der Waals surface area contributed by atoms with Gasteiger partial charge in [-0.15, -0.1) is 0 Å². The lowest BCUT2D eigenvalue weighted by molar-refractivity contribution is -0.140. The summed E-state index contributed by atoms with van der Waals surface area (Å²) in [5.74, 6) is -0.714. The van der Waals surface area contributed by atoms with E-state index in [-0.39, 0.29) is 17.3 Å². The van der Waals surface area contributed by atoms with Crippen LogP contribution in [0.4, 0.5) is 13.2 Å². The normalized spacial score (nSPS) is 11.4. The van der Waals surface area contributed by atoms with Crippen LogP contribution in [0.25, 0.3) is 0 Å². The summed E-state index contributed by atoms with van der Waals surface area (Å²) in [7, 11) is 0. The minimum absolute atomic E-state index is 0.0295. The van der Waals surface area contributed by atoms with Crippen LogP contribution < -0.4 is 0 Å². The van der Waals surface area contributed by atoms with Gasteiger partial charge in [-0.25, -0.2) is 4.98 Å². The lowest BCUT2D eigenvalue weighted by atomic mass is 10.2. The average molecular weight is 267 g/mol. The molecule has 0 saturated carbocycles. The lowest BCUT2D eigenvalue weighted by Gasteiger charge is -2.22. The fraction of sp³-hybridized carbons (Fsp3) is 0.400. The molecule has 7 heteroatoms. The molecule has 1 heterocycles. The van der Waals surface area contributed by atoms with Gasteiger partial charge in [-0.1, -0.05) is 11.6 Å². The average Bonchev–Trinajstić information content (AvgIpc) is 2.23. The SMILES string of the molecule is CCN(CC(F)(F)F)C(=O)c1ccnc(Cl)c1. The Morgan fingerprint density at radius 1 is 1.53 bits per heavy atom. The summed E-state index contributed by atoms with van der Waals surface area (Å²) >= 11 is 5.57. The number of carbonyl (C=O) groups is 1. The standard InChI is InChI=1S/C10H10ClF3N2O/c1-2-16(6-10(12,13)14)9(17)7-3-4-15-8(11)5-7/h3-5H,2,6H2,1H3. The van der Waals surface area contributed by atoms with E-state index in [4.69, 9.17) is 11.6 Å². The van der Waals surface area contributed by atoms with Crippen molar-refractivity contribution in [2.45, 2.75) is 13.1 Å². The van der Waals surface area contributed by atoms with Crippen LogP contribution in [0, 0.1) is 0 Å². The molecule has 1 aromatic rings. The smallest absolute Gasteiger partial charge is 0.330 e. The summed E-state index contributed by atoms with van der Waals surface area (Å²) in [6.07, 6.45) is -3.14. The van der Waals surface area contributed by atoms with Crippen molar-refractivity contribution in [2.75, 3.05) is 13.1 Å². The Morgan fingerprint density at radius 3 is 2.65 bits per heavy atom. The maximum atomic E-state index is 12.2. The van der Waals surface area contributed by atoms with Crippen LogP contribution in [-0.4, -0.2) is 35.1 Å². The number of pyridine rings is 1. The molecular formula is C10H10ClF3N2O. The van der Waals surface area contributed by atoms with Gasteiger partial charge in [-0.05, 0) is 19.1 Å². The number of alkyl halides is 3. The molecule has 0 radical (unpaired) electrons. The maximum Gasteiger partial charge on any atom is 0.406 e. The van der Waals surface area contributed by atoms with Gasteiger partial charge in [0.2, 0.25) is 0 Å². The zero-order valence-electron chi connectivity index (χ0n) is 8.96. The summed E-state index contributed by atoms with van der Waals surface area (Å²) < 4.78 is 36.6. The molecule has 0 aliphatic rings. The first-order chi connectivity index (χ1) is 7.83. The zero-order chi connectivity index (χ0) is 13.1. The highest BCUT2D eigenvalue weighted by Gasteiger charge is 2.32. The van der Waals surface area contributed by atoms with Crippen molar-refractivity contribution in [3.8, 4) is 0 Å². The first-order valence-electron chi connectivity index (χ1n) is 4.81. The number of rotatable bonds is 3. The Bertz CT molecular complexity index is 409. The van der Waals surface area contributed by atoms with E-state index >= 15 is 0 Å². The third kappa shape index (κ3) is 4.22. The molecule has 0 atom stereocenters. The number of halogens is 4. The molecule has 0 aliphatic heterocycles. The van der Waals surface area contributed by atoms with Gasteiger partial charge in [0.25, 0.3) is 5.91 Å². The highest BCUT2D eigenvalue weighted by Crippen LogP contribution is 2.18. The van der Waals surface area contributed by atoms with Gasteiger partial charge in [0, 0.05) is 18.3 Å². The Hall–Kier alpha value is -1.30. The maximum absolute atomic E-state index is 12.2. The van der Waals surface area contributed by atoms with Gasteiger partial charge in [-0.3, -0.25) is 4.79 Å². The molecule has 0 saturated heterocycles. The van der Waals surface area contributed by atoms with E-state index in [9.17, 15) is 18.0 Å². The molecule has 1 amide bonds. The second kappa shape index (κ2) is 5.35. The molecular weight excluding hydrogens is 257 g/mol. The van der Waals surface area contributed by atoms with Gasteiger partial charge in [0.1, 0.15) is 11.7 Å². The Labute approximate surface area is 101 Å². The van der Waals surface area contributed by atoms with E-state index in [1.807, 2.05) is 0 Å². The minimum Gasteiger partial charge on any atom is -0.330 e. The van der Waals surface area contributed by atoms with Crippen LogP contribution in [-0.2, 0) is 0 Å². The van der Waals surface area contributed by atoms with Gasteiger partial charge in [-0.2, -0.15) is 13.2 Å². The second-order valence-electron chi connectivity index (χ2n) is 3.30. The van der Waals surface area contributed by atoms with Crippen molar-refractivity contribution in [3.63, 3.8) is 0 Å². The third-order valence-corrected chi connectivity index (χ3v) is 2.22. The van der Waals surface area contributed by atoms with Crippen molar-refractivity contribution in [3.05, 3.63) is 29.0 Å². The molecule has 0 N–H and O–H groups in total. The molecule has 1 aromatic heterocycles. The van der Waals surface area contributed by atoms with E-state index in [0.29, 0.717) is 4.90 Å². The van der Waals surface area contributed by atoms with Gasteiger partial charge in [0.15, 0.2) is 0 Å². The van der Waals surface area contributed by atoms with Crippen LogP contribution in [0.15, 0.2) is 18.3 Å². The summed E-state index contributed by atoms with van der Waals surface area (Å²) in [6.45, 7) is 0.174. The predicted octanol–water partition coefficient (Wildman–Crippen LogP) is 2.76. The number of hydrogen-bond donors (Lipinski definition) is 0. The van der Waals surface area contributed by atoms with Crippen LogP contribution in [0.3, 0.4) is 0 Å². The van der Waals surface area contributed by atoms with Crippen LogP contribution in [0.2, 0.25) is 5.15 Å². The summed E-state index contributed by atoms with van der Waals surface area (Å²) in [4.78, 5) is 16.1.